The molecule has 6 heteroatoms. The van der Waals surface area contributed by atoms with Crippen LogP contribution in [-0.4, -0.2) is 26.0 Å². The molecule has 1 heterocycles. The van der Waals surface area contributed by atoms with Crippen LogP contribution in [0.25, 0.3) is 0 Å². The normalized spacial score (nSPS) is 25.1. The first kappa shape index (κ1) is 12.5. The monoisotopic (exact) mass is 258 g/mol. The average Bonchev–Trinajstić information content (AvgIpc) is 2.78. The molecule has 0 amide bonds. The van der Waals surface area contributed by atoms with Crippen molar-refractivity contribution in [2.24, 2.45) is 0 Å². The Kier molecular flexibility index (Phi) is 3.46. The molecule has 1 saturated heterocycles. The molecular weight excluding hydrogens is 243 g/mol. The van der Waals surface area contributed by atoms with Crippen LogP contribution >= 0.6 is 0 Å². The number of nitrogens with one attached hydrogen (secondary N) is 2. The third-order valence-corrected chi connectivity index (χ3v) is 5.17. The third-order valence-electron chi connectivity index (χ3n) is 3.00. The standard InChI is InChI=1S/C11H15FN2O2S/c1-2-17(15,16)10-7-13-14-11(10)8-4-3-5-9(12)6-8/h3-6,10-11,13-14H,2,7H2,1H3. The molecule has 1 aromatic rings. The van der Waals surface area contributed by atoms with Crippen LogP contribution in [0.15, 0.2) is 24.3 Å². The lowest BCUT2D eigenvalue weighted by atomic mass is 10.1. The summed E-state index contributed by atoms with van der Waals surface area (Å²) in [6.07, 6.45) is 0. The number of hydrogen-bond acceptors (Lipinski definition) is 4. The Labute approximate surface area is 100 Å². The zero-order valence-corrected chi connectivity index (χ0v) is 10.3. The van der Waals surface area contributed by atoms with E-state index in [2.05, 4.69) is 10.9 Å². The lowest BCUT2D eigenvalue weighted by molar-refractivity contribution is 0.549. The van der Waals surface area contributed by atoms with E-state index in [-0.39, 0.29) is 11.6 Å². The van der Waals surface area contributed by atoms with Gasteiger partial charge in [-0.3, -0.25) is 5.43 Å². The van der Waals surface area contributed by atoms with Gasteiger partial charge in [0.1, 0.15) is 5.82 Å². The molecule has 94 valence electrons. The van der Waals surface area contributed by atoms with Gasteiger partial charge in [0.05, 0.1) is 11.3 Å². The van der Waals surface area contributed by atoms with Gasteiger partial charge in [0, 0.05) is 12.3 Å². The lowest BCUT2D eigenvalue weighted by Crippen LogP contribution is -2.31. The molecule has 1 aliphatic rings. The molecule has 1 aliphatic heterocycles. The molecular formula is C11H15FN2O2S. The predicted octanol–water partition coefficient (Wildman–Crippen LogP) is 0.778. The minimum atomic E-state index is -3.16. The molecule has 2 atom stereocenters. The summed E-state index contributed by atoms with van der Waals surface area (Å²) >= 11 is 0. The maximum Gasteiger partial charge on any atom is 0.156 e. The van der Waals surface area contributed by atoms with E-state index in [1.807, 2.05) is 0 Å². The second kappa shape index (κ2) is 4.72. The molecule has 2 unspecified atom stereocenters. The van der Waals surface area contributed by atoms with Crippen LogP contribution in [0.1, 0.15) is 18.5 Å². The number of rotatable bonds is 3. The van der Waals surface area contributed by atoms with Crippen LogP contribution in [0.2, 0.25) is 0 Å². The van der Waals surface area contributed by atoms with Gasteiger partial charge in [-0.15, -0.1) is 0 Å². The van der Waals surface area contributed by atoms with Crippen molar-refractivity contribution in [3.8, 4) is 0 Å². The van der Waals surface area contributed by atoms with E-state index in [4.69, 9.17) is 0 Å². The Morgan fingerprint density at radius 1 is 1.47 bits per heavy atom. The first-order valence-electron chi connectivity index (χ1n) is 5.50. The van der Waals surface area contributed by atoms with Gasteiger partial charge in [-0.05, 0) is 17.7 Å². The van der Waals surface area contributed by atoms with Crippen LogP contribution < -0.4 is 10.9 Å². The number of halogens is 1. The van der Waals surface area contributed by atoms with Crippen LogP contribution in [0, 0.1) is 5.82 Å². The highest BCUT2D eigenvalue weighted by molar-refractivity contribution is 7.92. The van der Waals surface area contributed by atoms with Gasteiger partial charge in [-0.1, -0.05) is 19.1 Å². The van der Waals surface area contributed by atoms with Gasteiger partial charge in [0.25, 0.3) is 0 Å². The summed E-state index contributed by atoms with van der Waals surface area (Å²) in [4.78, 5) is 0. The minimum Gasteiger partial charge on any atom is -0.256 e. The molecule has 17 heavy (non-hydrogen) atoms. The Balaban J connectivity index is 2.32. The topological polar surface area (TPSA) is 58.2 Å². The van der Waals surface area contributed by atoms with Crippen molar-refractivity contribution in [2.45, 2.75) is 18.2 Å². The third kappa shape index (κ3) is 2.48. The summed E-state index contributed by atoms with van der Waals surface area (Å²) in [5.41, 5.74) is 6.37. The molecule has 0 bridgehead atoms. The molecule has 2 rings (SSSR count). The van der Waals surface area contributed by atoms with Crippen molar-refractivity contribution in [3.63, 3.8) is 0 Å². The van der Waals surface area contributed by atoms with E-state index < -0.39 is 21.1 Å². The zero-order valence-electron chi connectivity index (χ0n) is 9.48. The Hall–Kier alpha value is -0.980. The summed E-state index contributed by atoms with van der Waals surface area (Å²) in [5.74, 6) is -0.267. The second-order valence-corrected chi connectivity index (χ2v) is 6.56. The fourth-order valence-electron chi connectivity index (χ4n) is 2.03. The average molecular weight is 258 g/mol. The molecule has 0 aromatic heterocycles. The van der Waals surface area contributed by atoms with E-state index in [9.17, 15) is 12.8 Å². The van der Waals surface area contributed by atoms with E-state index in [1.54, 1.807) is 19.1 Å². The predicted molar refractivity (Wildman–Crippen MR) is 63.5 cm³/mol. The molecule has 1 aromatic carbocycles. The van der Waals surface area contributed by atoms with Crippen molar-refractivity contribution in [2.75, 3.05) is 12.3 Å². The van der Waals surface area contributed by atoms with Gasteiger partial charge >= 0.3 is 0 Å². The van der Waals surface area contributed by atoms with E-state index >= 15 is 0 Å². The Bertz CT molecular complexity index is 504. The summed E-state index contributed by atoms with van der Waals surface area (Å²) in [6, 6.07) is 5.63. The van der Waals surface area contributed by atoms with Crippen molar-refractivity contribution in [1.82, 2.24) is 10.9 Å². The van der Waals surface area contributed by atoms with Crippen LogP contribution in [0.5, 0.6) is 0 Å². The highest BCUT2D eigenvalue weighted by Crippen LogP contribution is 2.25. The van der Waals surface area contributed by atoms with Crippen LogP contribution in [0.3, 0.4) is 0 Å². The number of benzene rings is 1. The molecule has 4 nitrogen and oxygen atoms in total. The lowest BCUT2D eigenvalue weighted by Gasteiger charge is -2.18. The highest BCUT2D eigenvalue weighted by atomic mass is 32.2. The maximum absolute atomic E-state index is 13.1. The summed E-state index contributed by atoms with van der Waals surface area (Å²) in [5, 5.41) is -0.547. The van der Waals surface area contributed by atoms with Gasteiger partial charge in [-0.2, -0.15) is 0 Å². The fraction of sp³-hybridized carbons (Fsp3) is 0.455. The molecule has 0 spiro atoms. The van der Waals surface area contributed by atoms with Gasteiger partial charge in [0.15, 0.2) is 9.84 Å². The van der Waals surface area contributed by atoms with Crippen molar-refractivity contribution in [1.29, 1.82) is 0 Å². The van der Waals surface area contributed by atoms with E-state index in [0.29, 0.717) is 12.1 Å². The van der Waals surface area contributed by atoms with Crippen LogP contribution in [-0.2, 0) is 9.84 Å². The molecule has 0 saturated carbocycles. The van der Waals surface area contributed by atoms with Gasteiger partial charge < -0.3 is 0 Å². The van der Waals surface area contributed by atoms with E-state index in [0.717, 1.165) is 0 Å². The minimum absolute atomic E-state index is 0.0901. The first-order chi connectivity index (χ1) is 8.04. The maximum atomic E-state index is 13.1. The Morgan fingerprint density at radius 3 is 2.88 bits per heavy atom. The highest BCUT2D eigenvalue weighted by Gasteiger charge is 2.37. The molecule has 0 aliphatic carbocycles. The molecule has 2 N–H and O–H groups in total. The number of hydrazine groups is 1. The molecule has 1 fully saturated rings. The van der Waals surface area contributed by atoms with Gasteiger partial charge in [0.2, 0.25) is 0 Å². The quantitative estimate of drug-likeness (QED) is 0.841. The smallest absolute Gasteiger partial charge is 0.156 e. The molecule has 0 radical (unpaired) electrons. The number of sulfone groups is 1. The van der Waals surface area contributed by atoms with Crippen molar-refractivity contribution >= 4 is 9.84 Å². The number of hydrogen-bond donors (Lipinski definition) is 2. The first-order valence-corrected chi connectivity index (χ1v) is 7.21. The summed E-state index contributed by atoms with van der Waals surface area (Å²) < 4.78 is 36.9. The zero-order chi connectivity index (χ0) is 12.5. The van der Waals surface area contributed by atoms with Gasteiger partial charge in [-0.25, -0.2) is 18.2 Å². The van der Waals surface area contributed by atoms with Crippen molar-refractivity contribution in [3.05, 3.63) is 35.6 Å². The second-order valence-electron chi connectivity index (χ2n) is 4.05. The fourth-order valence-corrected chi connectivity index (χ4v) is 3.43. The van der Waals surface area contributed by atoms with Crippen LogP contribution in [0.4, 0.5) is 4.39 Å². The Morgan fingerprint density at radius 2 is 2.24 bits per heavy atom. The van der Waals surface area contributed by atoms with Crippen molar-refractivity contribution < 1.29 is 12.8 Å². The summed E-state index contributed by atoms with van der Waals surface area (Å²) in [6.45, 7) is 1.97. The largest absolute Gasteiger partial charge is 0.256 e. The summed E-state index contributed by atoms with van der Waals surface area (Å²) in [7, 11) is -3.16. The SMILES string of the molecule is CCS(=O)(=O)C1CNNC1c1cccc(F)c1. The van der Waals surface area contributed by atoms with E-state index in [1.165, 1.54) is 12.1 Å².